The molecule has 3 rings (SSSR count). The van der Waals surface area contributed by atoms with E-state index in [9.17, 15) is 8.78 Å². The highest BCUT2D eigenvalue weighted by Crippen LogP contribution is 2.36. The van der Waals surface area contributed by atoms with Crippen LogP contribution >= 0.6 is 0 Å². The minimum Gasteiger partial charge on any atom is -0.493 e. The van der Waals surface area contributed by atoms with E-state index >= 15 is 0 Å². The number of benzene rings is 2. The maximum Gasteiger partial charge on any atom is 0.132 e. The summed E-state index contributed by atoms with van der Waals surface area (Å²) in [5, 5.41) is 0. The van der Waals surface area contributed by atoms with Gasteiger partial charge in [0.05, 0.1) is 6.61 Å². The molecule has 1 heterocycles. The van der Waals surface area contributed by atoms with Crippen molar-refractivity contribution in [2.24, 2.45) is 0 Å². The minimum atomic E-state index is -0.601. The first-order chi connectivity index (χ1) is 11.9. The van der Waals surface area contributed by atoms with Crippen LogP contribution in [0.2, 0.25) is 0 Å². The van der Waals surface area contributed by atoms with Crippen molar-refractivity contribution >= 4 is 0 Å². The Labute approximate surface area is 148 Å². The van der Waals surface area contributed by atoms with Crippen LogP contribution in [0.25, 0.3) is 0 Å². The smallest absolute Gasteiger partial charge is 0.132 e. The highest BCUT2D eigenvalue weighted by molar-refractivity contribution is 5.45. The SMILES string of the molecule is C=C(C)CC.C[C@@H]1COc2cc(OCc3ccc(F)cc3F)ccc21. The van der Waals surface area contributed by atoms with E-state index in [4.69, 9.17) is 9.47 Å². The van der Waals surface area contributed by atoms with Crippen LogP contribution in [0.5, 0.6) is 11.5 Å². The second kappa shape index (κ2) is 8.65. The first kappa shape index (κ1) is 19.0. The number of ether oxygens (including phenoxy) is 2. The Hall–Kier alpha value is -2.36. The van der Waals surface area contributed by atoms with Gasteiger partial charge in [0.1, 0.15) is 29.7 Å². The molecular weight excluding hydrogens is 322 g/mol. The molecule has 2 aromatic rings. The molecule has 1 aliphatic rings. The van der Waals surface area contributed by atoms with Gasteiger partial charge in [-0.25, -0.2) is 8.78 Å². The van der Waals surface area contributed by atoms with Crippen molar-refractivity contribution in [1.82, 2.24) is 0 Å². The Morgan fingerprint density at radius 2 is 1.96 bits per heavy atom. The van der Waals surface area contributed by atoms with Gasteiger partial charge in [0.25, 0.3) is 0 Å². The van der Waals surface area contributed by atoms with Crippen LogP contribution in [0, 0.1) is 11.6 Å². The summed E-state index contributed by atoms with van der Waals surface area (Å²) in [6.07, 6.45) is 1.11. The molecule has 0 saturated heterocycles. The molecule has 0 amide bonds. The maximum atomic E-state index is 13.5. The van der Waals surface area contributed by atoms with Crippen molar-refractivity contribution in [3.63, 3.8) is 0 Å². The van der Waals surface area contributed by atoms with Gasteiger partial charge in [0, 0.05) is 29.2 Å². The van der Waals surface area contributed by atoms with Gasteiger partial charge in [-0.15, -0.1) is 6.58 Å². The number of hydrogen-bond acceptors (Lipinski definition) is 2. The fourth-order valence-corrected chi connectivity index (χ4v) is 2.24. The molecular formula is C21H24F2O2. The summed E-state index contributed by atoms with van der Waals surface area (Å²) in [6, 6.07) is 9.06. The summed E-state index contributed by atoms with van der Waals surface area (Å²) in [5.74, 6) is 0.618. The molecule has 0 aliphatic carbocycles. The van der Waals surface area contributed by atoms with Gasteiger partial charge in [-0.05, 0) is 31.5 Å². The molecule has 0 N–H and O–H groups in total. The average Bonchev–Trinajstić information content (AvgIpc) is 2.95. The summed E-state index contributed by atoms with van der Waals surface area (Å²) < 4.78 is 37.3. The van der Waals surface area contributed by atoms with Crippen molar-refractivity contribution in [2.75, 3.05) is 6.61 Å². The third-order valence-corrected chi connectivity index (χ3v) is 4.02. The summed E-state index contributed by atoms with van der Waals surface area (Å²) in [5.41, 5.74) is 2.73. The molecule has 134 valence electrons. The molecule has 0 spiro atoms. The van der Waals surface area contributed by atoms with E-state index in [2.05, 4.69) is 20.4 Å². The van der Waals surface area contributed by atoms with Gasteiger partial charge in [0.2, 0.25) is 0 Å². The van der Waals surface area contributed by atoms with E-state index in [1.807, 2.05) is 19.1 Å². The summed E-state index contributed by atoms with van der Waals surface area (Å²) >= 11 is 0. The van der Waals surface area contributed by atoms with Crippen LogP contribution < -0.4 is 9.47 Å². The summed E-state index contributed by atoms with van der Waals surface area (Å²) in [7, 11) is 0. The van der Waals surface area contributed by atoms with Crippen LogP contribution in [0.4, 0.5) is 8.78 Å². The Morgan fingerprint density at radius 3 is 2.60 bits per heavy atom. The first-order valence-electron chi connectivity index (χ1n) is 8.38. The van der Waals surface area contributed by atoms with Gasteiger partial charge < -0.3 is 9.47 Å². The monoisotopic (exact) mass is 346 g/mol. The molecule has 1 atom stereocenters. The third-order valence-electron chi connectivity index (χ3n) is 4.02. The molecule has 1 aliphatic heterocycles. The van der Waals surface area contributed by atoms with E-state index in [1.54, 1.807) is 6.07 Å². The van der Waals surface area contributed by atoms with Crippen molar-refractivity contribution in [2.45, 2.75) is 39.7 Å². The summed E-state index contributed by atoms with van der Waals surface area (Å²) in [4.78, 5) is 0. The van der Waals surface area contributed by atoms with Crippen LogP contribution in [-0.4, -0.2) is 6.61 Å². The molecule has 0 saturated carbocycles. The quantitative estimate of drug-likeness (QED) is 0.631. The predicted octanol–water partition coefficient (Wildman–Crippen LogP) is 6.01. The molecule has 0 unspecified atom stereocenters. The lowest BCUT2D eigenvalue weighted by Gasteiger charge is -2.09. The van der Waals surface area contributed by atoms with Gasteiger partial charge in [-0.3, -0.25) is 0 Å². The number of allylic oxidation sites excluding steroid dienone is 1. The van der Waals surface area contributed by atoms with Crippen LogP contribution in [-0.2, 0) is 6.61 Å². The number of fused-ring (bicyclic) bond motifs is 1. The van der Waals surface area contributed by atoms with E-state index in [0.717, 1.165) is 23.8 Å². The van der Waals surface area contributed by atoms with Gasteiger partial charge in [-0.1, -0.05) is 25.5 Å². The van der Waals surface area contributed by atoms with E-state index in [0.29, 0.717) is 23.8 Å². The standard InChI is InChI=1S/C16H14F2O2.C5H10/c1-10-8-20-16-7-13(4-5-14(10)16)19-9-11-2-3-12(17)6-15(11)18;1-4-5(2)3/h2-7,10H,8-9H2,1H3;2,4H2,1,3H3/t10-;/m1./s1. The van der Waals surface area contributed by atoms with Crippen molar-refractivity contribution in [3.8, 4) is 11.5 Å². The van der Waals surface area contributed by atoms with Crippen LogP contribution in [0.3, 0.4) is 0 Å². The zero-order valence-corrected chi connectivity index (χ0v) is 14.9. The lowest BCUT2D eigenvalue weighted by atomic mass is 10.0. The van der Waals surface area contributed by atoms with E-state index < -0.39 is 11.6 Å². The average molecular weight is 346 g/mol. The number of hydrogen-bond donors (Lipinski definition) is 0. The van der Waals surface area contributed by atoms with Gasteiger partial charge in [0.15, 0.2) is 0 Å². The lowest BCUT2D eigenvalue weighted by Crippen LogP contribution is -1.99. The molecule has 0 fully saturated rings. The second-order valence-electron chi connectivity index (χ2n) is 6.25. The zero-order valence-electron chi connectivity index (χ0n) is 14.9. The van der Waals surface area contributed by atoms with E-state index in [-0.39, 0.29) is 6.61 Å². The van der Waals surface area contributed by atoms with Crippen LogP contribution in [0.1, 0.15) is 44.2 Å². The Kier molecular flexibility index (Phi) is 6.57. The molecule has 0 bridgehead atoms. The fraction of sp³-hybridized carbons (Fsp3) is 0.333. The first-order valence-corrected chi connectivity index (χ1v) is 8.38. The van der Waals surface area contributed by atoms with Crippen molar-refractivity contribution in [3.05, 3.63) is 71.3 Å². The number of rotatable bonds is 4. The largest absolute Gasteiger partial charge is 0.493 e. The molecule has 2 nitrogen and oxygen atoms in total. The Morgan fingerprint density at radius 1 is 1.24 bits per heavy atom. The Balaban J connectivity index is 0.000000399. The molecule has 4 heteroatoms. The Bertz CT molecular complexity index is 741. The fourth-order valence-electron chi connectivity index (χ4n) is 2.24. The van der Waals surface area contributed by atoms with Crippen LogP contribution in [0.15, 0.2) is 48.6 Å². The van der Waals surface area contributed by atoms with Crippen molar-refractivity contribution < 1.29 is 18.3 Å². The zero-order chi connectivity index (χ0) is 18.4. The van der Waals surface area contributed by atoms with E-state index in [1.165, 1.54) is 17.7 Å². The van der Waals surface area contributed by atoms with Gasteiger partial charge >= 0.3 is 0 Å². The molecule has 2 aromatic carbocycles. The molecule has 0 radical (unpaired) electrons. The summed E-state index contributed by atoms with van der Waals surface area (Å²) in [6.45, 7) is 10.6. The van der Waals surface area contributed by atoms with Gasteiger partial charge in [-0.2, -0.15) is 0 Å². The maximum absolute atomic E-state index is 13.5. The minimum absolute atomic E-state index is 0.0560. The second-order valence-corrected chi connectivity index (χ2v) is 6.25. The van der Waals surface area contributed by atoms with Crippen molar-refractivity contribution in [1.29, 1.82) is 0 Å². The predicted molar refractivity (Wildman–Crippen MR) is 96.1 cm³/mol. The third kappa shape index (κ3) is 5.31. The topological polar surface area (TPSA) is 18.5 Å². The molecule has 0 aromatic heterocycles. The number of halogens is 2. The normalized spacial score (nSPS) is 14.8. The lowest BCUT2D eigenvalue weighted by molar-refractivity contribution is 0.295. The highest BCUT2D eigenvalue weighted by Gasteiger charge is 2.20. The highest BCUT2D eigenvalue weighted by atomic mass is 19.1. The molecule has 25 heavy (non-hydrogen) atoms.